The molecular formula is C30H42N15O21P3. The molecule has 0 unspecified atom stereocenters. The molecule has 0 amide bonds. The van der Waals surface area contributed by atoms with Crippen LogP contribution in [0.3, 0.4) is 0 Å². The van der Waals surface area contributed by atoms with E-state index < -0.39 is 117 Å². The number of fused-ring (bicyclic) bond motifs is 3. The highest BCUT2D eigenvalue weighted by atomic mass is 31.2. The molecular weight excluding hydrogens is 999 g/mol. The van der Waals surface area contributed by atoms with Gasteiger partial charge in [-0.25, -0.2) is 58.6 Å². The highest BCUT2D eigenvalue weighted by Crippen LogP contribution is 2.41. The molecule has 6 aromatic rings. The number of nitrogen functional groups attached to an aromatic ring is 3. The second-order valence-electron chi connectivity index (χ2n) is 14.7. The maximum atomic E-state index is 10.7. The number of phosphoric acid groups is 3. The van der Waals surface area contributed by atoms with Gasteiger partial charge in [-0.1, -0.05) is 0 Å². The second kappa shape index (κ2) is 20.4. The van der Waals surface area contributed by atoms with Crippen LogP contribution in [-0.2, 0) is 41.5 Å². The van der Waals surface area contributed by atoms with Crippen molar-refractivity contribution in [1.29, 1.82) is 0 Å². The SMILES string of the molecule is Nc1ncnc2c1ncn2[C@@H]1O[C@H](COP(=O)(O)O)[C@@H](O)[C@H]1O.Nc1ncnc2c1ncn2[C@@H]1O[C@H](COP(=O)(O)O)[C@@H](O)[C@H]1O.Nc1ncnc2c1ncn2[C@@H]1O[C@H](COP(=O)(O)O)[C@@H](O)[C@H]1O. The van der Waals surface area contributed by atoms with Crippen molar-refractivity contribution in [2.24, 2.45) is 0 Å². The Bertz CT molecular complexity index is 2590. The third kappa shape index (κ3) is 11.6. The summed E-state index contributed by atoms with van der Waals surface area (Å²) in [5.41, 5.74) is 18.7. The first-order chi connectivity index (χ1) is 32.3. The highest BCUT2D eigenvalue weighted by Gasteiger charge is 2.47. The Kier molecular flexibility index (Phi) is 15.3. The minimum Gasteiger partial charge on any atom is -0.387 e. The Labute approximate surface area is 382 Å². The first kappa shape index (κ1) is 51.9. The lowest BCUT2D eigenvalue weighted by Crippen LogP contribution is -2.33. The quantitative estimate of drug-likeness (QED) is 0.0508. The van der Waals surface area contributed by atoms with Crippen LogP contribution in [0.1, 0.15) is 18.7 Å². The molecule has 36 nitrogen and oxygen atoms in total. The van der Waals surface area contributed by atoms with E-state index in [1.54, 1.807) is 0 Å². The molecule has 0 bridgehead atoms. The van der Waals surface area contributed by atoms with E-state index in [2.05, 4.69) is 58.4 Å². The summed E-state index contributed by atoms with van der Waals surface area (Å²) in [5.74, 6) is 0.425. The monoisotopic (exact) mass is 1040 g/mol. The number of nitrogens with two attached hydrogens (primary N) is 3. The Morgan fingerprint density at radius 1 is 0.435 bits per heavy atom. The molecule has 0 radical (unpaired) electrons. The van der Waals surface area contributed by atoms with Gasteiger partial charge in [0, 0.05) is 0 Å². The molecule has 18 N–H and O–H groups in total. The van der Waals surface area contributed by atoms with Gasteiger partial charge in [-0.2, -0.15) is 0 Å². The van der Waals surface area contributed by atoms with Gasteiger partial charge in [0.25, 0.3) is 0 Å². The first-order valence-corrected chi connectivity index (χ1v) is 23.9. The number of phosphoric ester groups is 3. The number of rotatable bonds is 12. The molecule has 0 spiro atoms. The molecule has 9 heterocycles. The lowest BCUT2D eigenvalue weighted by atomic mass is 10.1. The van der Waals surface area contributed by atoms with E-state index in [4.69, 9.17) is 60.8 Å². The van der Waals surface area contributed by atoms with Crippen molar-refractivity contribution >= 4 is 74.4 Å². The number of hydrogen-bond acceptors (Lipinski definition) is 27. The zero-order valence-corrected chi connectivity index (χ0v) is 37.2. The van der Waals surface area contributed by atoms with Gasteiger partial charge in [-0.15, -0.1) is 0 Å². The molecule has 0 saturated carbocycles. The number of aliphatic hydroxyl groups excluding tert-OH is 6. The number of nitrogens with zero attached hydrogens (tertiary/aromatic N) is 12. The maximum Gasteiger partial charge on any atom is 0.469 e. The molecule has 3 aliphatic rings. The van der Waals surface area contributed by atoms with Crippen molar-refractivity contribution in [2.75, 3.05) is 37.0 Å². The molecule has 6 aromatic heterocycles. The first-order valence-electron chi connectivity index (χ1n) is 19.3. The van der Waals surface area contributed by atoms with Gasteiger partial charge in [0.1, 0.15) is 90.5 Å². The summed E-state index contributed by atoms with van der Waals surface area (Å²) in [7, 11) is -14.2. The van der Waals surface area contributed by atoms with Crippen molar-refractivity contribution in [3.8, 4) is 0 Å². The summed E-state index contributed by atoms with van der Waals surface area (Å²) in [4.78, 5) is 87.6. The van der Waals surface area contributed by atoms with E-state index >= 15 is 0 Å². The molecule has 69 heavy (non-hydrogen) atoms. The molecule has 0 aromatic carbocycles. The fourth-order valence-electron chi connectivity index (χ4n) is 6.97. The largest absolute Gasteiger partial charge is 0.469 e. The van der Waals surface area contributed by atoms with Crippen LogP contribution in [0.2, 0.25) is 0 Å². The van der Waals surface area contributed by atoms with Gasteiger partial charge < -0.3 is 91.4 Å². The lowest BCUT2D eigenvalue weighted by Gasteiger charge is -2.16. The number of imidazole rings is 3. The average molecular weight is 1040 g/mol. The van der Waals surface area contributed by atoms with Crippen LogP contribution in [0.25, 0.3) is 33.5 Å². The second-order valence-corrected chi connectivity index (χ2v) is 18.5. The summed E-state index contributed by atoms with van der Waals surface area (Å²) < 4.78 is 65.4. The van der Waals surface area contributed by atoms with E-state index in [1.807, 2.05) is 0 Å². The summed E-state index contributed by atoms with van der Waals surface area (Å²) in [6.07, 6.45) is -7.47. The van der Waals surface area contributed by atoms with Crippen LogP contribution in [0.4, 0.5) is 17.5 Å². The van der Waals surface area contributed by atoms with Crippen LogP contribution < -0.4 is 17.2 Å². The fraction of sp³-hybridized carbons (Fsp3) is 0.500. The highest BCUT2D eigenvalue weighted by molar-refractivity contribution is 7.46. The molecule has 0 aliphatic carbocycles. The van der Waals surface area contributed by atoms with Crippen molar-refractivity contribution in [2.45, 2.75) is 73.6 Å². The van der Waals surface area contributed by atoms with Crippen LogP contribution in [0, 0.1) is 0 Å². The maximum absolute atomic E-state index is 10.7. The molecule has 39 heteroatoms. The van der Waals surface area contributed by atoms with E-state index in [9.17, 15) is 44.3 Å². The van der Waals surface area contributed by atoms with Crippen molar-refractivity contribution in [1.82, 2.24) is 58.6 Å². The van der Waals surface area contributed by atoms with Gasteiger partial charge in [0.05, 0.1) is 38.8 Å². The number of anilines is 3. The normalized spacial score (nSPS) is 28.5. The number of hydrogen-bond donors (Lipinski definition) is 15. The Hall–Kier alpha value is -4.98. The Morgan fingerprint density at radius 2 is 0.681 bits per heavy atom. The number of aromatic nitrogens is 12. The van der Waals surface area contributed by atoms with Crippen molar-refractivity contribution in [3.63, 3.8) is 0 Å². The van der Waals surface area contributed by atoms with Crippen molar-refractivity contribution in [3.05, 3.63) is 38.0 Å². The molecule has 3 saturated heterocycles. The molecule has 378 valence electrons. The Morgan fingerprint density at radius 3 is 0.913 bits per heavy atom. The zero-order valence-electron chi connectivity index (χ0n) is 34.5. The van der Waals surface area contributed by atoms with Gasteiger partial charge in [-0.3, -0.25) is 27.3 Å². The lowest BCUT2D eigenvalue weighted by molar-refractivity contribution is -0.0504. The molecule has 12 atom stereocenters. The average Bonchev–Trinajstić information content (AvgIpc) is 4.14. The fourth-order valence-corrected chi connectivity index (χ4v) is 7.99. The van der Waals surface area contributed by atoms with E-state index in [0.717, 1.165) is 0 Å². The molecule has 3 fully saturated rings. The minimum atomic E-state index is -4.72. The van der Waals surface area contributed by atoms with Crippen LogP contribution in [0.15, 0.2) is 38.0 Å². The van der Waals surface area contributed by atoms with Crippen LogP contribution in [-0.4, -0.2) is 193 Å². The molecule has 9 rings (SSSR count). The van der Waals surface area contributed by atoms with Gasteiger partial charge in [0.15, 0.2) is 53.1 Å². The van der Waals surface area contributed by atoms with Crippen LogP contribution >= 0.6 is 23.5 Å². The Balaban J connectivity index is 0.000000153. The zero-order chi connectivity index (χ0) is 50.3. The molecule has 3 aliphatic heterocycles. The van der Waals surface area contributed by atoms with Gasteiger partial charge in [-0.05, 0) is 0 Å². The van der Waals surface area contributed by atoms with Gasteiger partial charge >= 0.3 is 23.5 Å². The van der Waals surface area contributed by atoms with Gasteiger partial charge in [0.2, 0.25) is 0 Å². The topological polar surface area (TPSA) is 558 Å². The summed E-state index contributed by atoms with van der Waals surface area (Å²) >= 11 is 0. The smallest absolute Gasteiger partial charge is 0.387 e. The predicted octanol–water partition coefficient (Wildman–Crippen LogP) is -5.59. The third-order valence-corrected chi connectivity index (χ3v) is 11.7. The van der Waals surface area contributed by atoms with Crippen LogP contribution in [0.5, 0.6) is 0 Å². The van der Waals surface area contributed by atoms with E-state index in [-0.39, 0.29) is 34.4 Å². The summed E-state index contributed by atoms with van der Waals surface area (Å²) in [5, 5.41) is 60.2. The number of ether oxygens (including phenoxy) is 3. The van der Waals surface area contributed by atoms with Crippen molar-refractivity contribution < 1.29 is 101 Å². The minimum absolute atomic E-state index is 0.142. The third-order valence-electron chi connectivity index (χ3n) is 10.2. The standard InChI is InChI=1S/3C10H14N5O7P/c3*11-8-5-9(13-2-12-8)15(3-14-5)10-7(17)6(16)4(22-10)1-21-23(18,19)20/h3*2-4,6-7,10,16-17H,1H2,(H2,11,12,13)(H2,18,19,20)/t3*4-,6-,7-,10-/m111/s1. The summed E-state index contributed by atoms with van der Waals surface area (Å²) in [6.45, 7) is -1.78. The predicted molar refractivity (Wildman–Crippen MR) is 221 cm³/mol. The van der Waals surface area contributed by atoms with E-state index in [0.29, 0.717) is 16.6 Å². The summed E-state index contributed by atoms with van der Waals surface area (Å²) in [6, 6.07) is 0. The number of aliphatic hydroxyl groups is 6. The van der Waals surface area contributed by atoms with E-state index in [1.165, 1.54) is 51.7 Å².